The predicted molar refractivity (Wildman–Crippen MR) is 11.1 cm³/mol. The fraction of sp³-hybridized carbons (Fsp3) is 0. The molecule has 5 heavy (non-hydrogen) atoms. The molecule has 5 heteroatoms. The summed E-state index contributed by atoms with van der Waals surface area (Å²) in [4.78, 5) is 0. The second-order valence-corrected chi connectivity index (χ2v) is 0. The van der Waals surface area contributed by atoms with Crippen molar-refractivity contribution in [3.63, 3.8) is 0 Å². The molecule has 0 saturated carbocycles. The molecule has 0 aromatic carbocycles. The summed E-state index contributed by atoms with van der Waals surface area (Å²) in [7, 11) is 0. The molecule has 0 fully saturated rings. The van der Waals surface area contributed by atoms with Crippen molar-refractivity contribution in [2.24, 2.45) is 0 Å². The first-order chi connectivity index (χ1) is 0. The Labute approximate surface area is 79.0 Å². The van der Waals surface area contributed by atoms with Crippen molar-refractivity contribution in [2.75, 3.05) is 0 Å². The molecule has 0 saturated heterocycles. The second kappa shape index (κ2) is 30.8. The second-order valence-electron chi connectivity index (χ2n) is 0. The third kappa shape index (κ3) is 20.8. The molecule has 0 aromatic heterocycles. The van der Waals surface area contributed by atoms with Crippen LogP contribution in [-0.2, 0) is 69.9 Å². The zero-order chi connectivity index (χ0) is 0. The van der Waals surface area contributed by atoms with Crippen LogP contribution in [0.3, 0.4) is 0 Å². The maximum atomic E-state index is 0. The molecule has 0 N–H and O–H groups in total. The zero-order valence-electron chi connectivity index (χ0n) is 1.97. The minimum Gasteiger partial charge on any atom is -0.153 e. The largest absolute Gasteiger partial charge is 0.153 e. The summed E-state index contributed by atoms with van der Waals surface area (Å²) >= 11 is 0. The van der Waals surface area contributed by atoms with E-state index in [1.54, 1.807) is 0 Å². The van der Waals surface area contributed by atoms with E-state index in [0.717, 1.165) is 0 Å². The molecule has 0 aliphatic heterocycles. The predicted octanol–water partition coefficient (Wildman–Crippen LogP) is 0.0481. The molecule has 0 amide bonds. The average Bonchev–Trinajstić information content (AvgIpc) is 0. The van der Waals surface area contributed by atoms with Crippen LogP contribution in [0.1, 0.15) is 0 Å². The monoisotopic (exact) mass is 314 g/mol. The number of rotatable bonds is 0. The summed E-state index contributed by atoms with van der Waals surface area (Å²) in [6.45, 7) is 0. The fourth-order valence-electron chi connectivity index (χ4n) is 0. The van der Waals surface area contributed by atoms with Gasteiger partial charge in [0.15, 0.2) is 0 Å². The van der Waals surface area contributed by atoms with E-state index in [4.69, 9.17) is 0 Å². The van der Waals surface area contributed by atoms with Crippen LogP contribution in [0.25, 0.3) is 0 Å². The van der Waals surface area contributed by atoms with Crippen LogP contribution in [0, 0.1) is 0 Å². The van der Waals surface area contributed by atoms with Gasteiger partial charge in [-0.1, -0.05) is 0 Å². The Bertz CT molecular complexity index is 6.85. The van der Waals surface area contributed by atoms with Crippen LogP contribution < -0.4 is 0 Å². The van der Waals surface area contributed by atoms with Gasteiger partial charge in [0, 0.05) is 69.9 Å². The normalized spacial score (nSPS) is 0. The van der Waals surface area contributed by atoms with E-state index >= 15 is 0 Å². The Kier molecular flexibility index (Phi) is 305. The smallest absolute Gasteiger partial charge is 0 e. The van der Waals surface area contributed by atoms with Crippen molar-refractivity contribution >= 4 is 9.90 Å². The molecular weight excluding hydrogens is 313 g/mol. The number of hydrogen-bond donors (Lipinski definition) is 0. The van der Waals surface area contributed by atoms with Gasteiger partial charge in [-0.25, -0.2) is 0 Å². The van der Waals surface area contributed by atoms with Crippen molar-refractivity contribution < 1.29 is 69.9 Å². The van der Waals surface area contributed by atoms with Crippen LogP contribution in [0.15, 0.2) is 0 Å². The van der Waals surface area contributed by atoms with E-state index in [2.05, 4.69) is 0 Å². The summed E-state index contributed by atoms with van der Waals surface area (Å²) in [6.07, 6.45) is 0. The molecule has 1 unspecified atom stereocenters. The molecule has 0 aliphatic rings. The first-order valence-electron chi connectivity index (χ1n) is 0. The Morgan fingerprint density at radius 2 is 0.600 bits per heavy atom. The van der Waals surface area contributed by atoms with Crippen molar-refractivity contribution in [3.8, 4) is 0 Å². The molecular formula is H3Ni3PPd. The standard InChI is InChI=1S/3Ni.H3P.Pd/h;;;1H3;. The molecule has 0 heterocycles. The van der Waals surface area contributed by atoms with Gasteiger partial charge in [0.05, 0.1) is 0 Å². The topological polar surface area (TPSA) is 0 Å². The maximum Gasteiger partial charge on any atom is 0 e. The van der Waals surface area contributed by atoms with Gasteiger partial charge in [-0.2, -0.15) is 9.90 Å². The van der Waals surface area contributed by atoms with Gasteiger partial charge in [-0.05, 0) is 0 Å². The van der Waals surface area contributed by atoms with Gasteiger partial charge < -0.3 is 0 Å². The van der Waals surface area contributed by atoms with Crippen molar-refractivity contribution in [2.45, 2.75) is 0 Å². The van der Waals surface area contributed by atoms with E-state index in [1.165, 1.54) is 0 Å². The van der Waals surface area contributed by atoms with Crippen LogP contribution >= 0.6 is 9.90 Å². The summed E-state index contributed by atoms with van der Waals surface area (Å²) in [5, 5.41) is 0. The van der Waals surface area contributed by atoms with E-state index in [9.17, 15) is 0 Å². The van der Waals surface area contributed by atoms with Gasteiger partial charge in [-0.15, -0.1) is 0 Å². The first kappa shape index (κ1) is 49.4. The summed E-state index contributed by atoms with van der Waals surface area (Å²) in [6, 6.07) is 0. The van der Waals surface area contributed by atoms with Gasteiger partial charge in [0.2, 0.25) is 0 Å². The van der Waals surface area contributed by atoms with Gasteiger partial charge in [-0.3, -0.25) is 0 Å². The number of hydrogen-bond acceptors (Lipinski definition) is 0. The Hall–Kier alpha value is 2.57. The van der Waals surface area contributed by atoms with E-state index < -0.39 is 0 Å². The van der Waals surface area contributed by atoms with Crippen LogP contribution in [-0.4, -0.2) is 0 Å². The Balaban J connectivity index is 0. The van der Waals surface area contributed by atoms with Gasteiger partial charge in [0.1, 0.15) is 0 Å². The van der Waals surface area contributed by atoms with Crippen molar-refractivity contribution in [1.82, 2.24) is 0 Å². The summed E-state index contributed by atoms with van der Waals surface area (Å²) in [5.41, 5.74) is 0. The van der Waals surface area contributed by atoms with E-state index in [0.29, 0.717) is 0 Å². The Morgan fingerprint density at radius 3 is 0.600 bits per heavy atom. The minimum atomic E-state index is 0. The van der Waals surface area contributed by atoms with E-state index in [-0.39, 0.29) is 79.8 Å². The van der Waals surface area contributed by atoms with Crippen molar-refractivity contribution in [1.29, 1.82) is 0 Å². The zero-order valence-corrected chi connectivity index (χ0v) is 7.90. The fourth-order valence-corrected chi connectivity index (χ4v) is 0. The summed E-state index contributed by atoms with van der Waals surface area (Å²) < 4.78 is 0. The van der Waals surface area contributed by atoms with Crippen LogP contribution in [0.4, 0.5) is 0 Å². The third-order valence-corrected chi connectivity index (χ3v) is 0. The SMILES string of the molecule is P.[Ni].[Ni].[Ni].[Pd]. The molecule has 0 aliphatic carbocycles. The molecule has 0 radical (unpaired) electrons. The van der Waals surface area contributed by atoms with Crippen molar-refractivity contribution in [3.05, 3.63) is 0 Å². The summed E-state index contributed by atoms with van der Waals surface area (Å²) in [5.74, 6) is 0. The first-order valence-corrected chi connectivity index (χ1v) is 0. The molecule has 0 spiro atoms. The molecule has 48 valence electrons. The molecule has 0 aromatic rings. The average molecular weight is 316 g/mol. The quantitative estimate of drug-likeness (QED) is 0.438. The van der Waals surface area contributed by atoms with Gasteiger partial charge in [0.25, 0.3) is 0 Å². The molecule has 0 bridgehead atoms. The third-order valence-electron chi connectivity index (χ3n) is 0. The van der Waals surface area contributed by atoms with Crippen LogP contribution in [0.2, 0.25) is 0 Å². The van der Waals surface area contributed by atoms with E-state index in [1.807, 2.05) is 0 Å². The van der Waals surface area contributed by atoms with Crippen LogP contribution in [0.5, 0.6) is 0 Å². The molecule has 0 nitrogen and oxygen atoms in total. The molecule has 0 rings (SSSR count). The van der Waals surface area contributed by atoms with Gasteiger partial charge >= 0.3 is 0 Å². The molecule has 1 atom stereocenters. The Morgan fingerprint density at radius 1 is 0.600 bits per heavy atom. The maximum absolute atomic E-state index is 0. The minimum absolute atomic E-state index is 0.